The molecular weight excluding hydrogens is 336 g/mol. The summed E-state index contributed by atoms with van der Waals surface area (Å²) in [7, 11) is 3.00. The van der Waals surface area contributed by atoms with Gasteiger partial charge in [-0.05, 0) is 36.0 Å². The van der Waals surface area contributed by atoms with E-state index in [2.05, 4.69) is 46.9 Å². The van der Waals surface area contributed by atoms with Crippen LogP contribution in [0.25, 0.3) is 0 Å². The first kappa shape index (κ1) is 18.1. The van der Waals surface area contributed by atoms with Gasteiger partial charge in [0, 0.05) is 0 Å². The van der Waals surface area contributed by atoms with Crippen LogP contribution in [0, 0.1) is 5.41 Å². The van der Waals surface area contributed by atoms with Gasteiger partial charge in [-0.1, -0.05) is 91.0 Å². The standard InChI is InChI=1S/C23H21O2Si/c24-22(25-26)23(16-19-10-4-1-5-11-19,17-20-12-6-2-7-13-20)18-21-14-8-3-9-15-21/h1-15H,16-18H2. The topological polar surface area (TPSA) is 26.3 Å². The Morgan fingerprint density at radius 2 is 0.962 bits per heavy atom. The zero-order chi connectivity index (χ0) is 18.2. The molecular formula is C23H21O2Si. The summed E-state index contributed by atoms with van der Waals surface area (Å²) in [6, 6.07) is 30.4. The number of carbonyl (C=O) groups excluding carboxylic acids is 1. The normalized spacial score (nSPS) is 11.1. The van der Waals surface area contributed by atoms with Crippen LogP contribution in [0.2, 0.25) is 0 Å². The third-order valence-corrected chi connectivity index (χ3v) is 4.87. The Morgan fingerprint density at radius 1 is 0.654 bits per heavy atom. The Balaban J connectivity index is 2.02. The average molecular weight is 358 g/mol. The second-order valence-corrected chi connectivity index (χ2v) is 6.86. The van der Waals surface area contributed by atoms with E-state index in [4.69, 9.17) is 4.43 Å². The second kappa shape index (κ2) is 8.63. The van der Waals surface area contributed by atoms with E-state index in [1.54, 1.807) is 0 Å². The summed E-state index contributed by atoms with van der Waals surface area (Å²) in [5.41, 5.74) is 2.68. The Kier molecular flexibility index (Phi) is 6.02. The minimum atomic E-state index is -0.689. The first-order valence-electron chi connectivity index (χ1n) is 8.72. The van der Waals surface area contributed by atoms with Gasteiger partial charge in [-0.25, -0.2) is 0 Å². The van der Waals surface area contributed by atoms with Crippen LogP contribution in [0.3, 0.4) is 0 Å². The minimum absolute atomic E-state index is 0.245. The molecule has 0 unspecified atom stereocenters. The zero-order valence-electron chi connectivity index (χ0n) is 14.6. The van der Waals surface area contributed by atoms with E-state index in [9.17, 15) is 4.79 Å². The molecule has 3 aromatic carbocycles. The highest BCUT2D eigenvalue weighted by atomic mass is 28.2. The van der Waals surface area contributed by atoms with E-state index >= 15 is 0 Å². The summed E-state index contributed by atoms with van der Waals surface area (Å²) in [6.07, 6.45) is 1.84. The molecule has 0 aromatic heterocycles. The highest BCUT2D eigenvalue weighted by molar-refractivity contribution is 6.06. The van der Waals surface area contributed by atoms with Crippen LogP contribution in [0.15, 0.2) is 91.0 Å². The molecule has 0 spiro atoms. The lowest BCUT2D eigenvalue weighted by molar-refractivity contribution is -0.145. The predicted octanol–water partition coefficient (Wildman–Crippen LogP) is 4.33. The number of rotatable bonds is 7. The molecule has 0 fully saturated rings. The van der Waals surface area contributed by atoms with Crippen molar-refractivity contribution in [2.45, 2.75) is 19.3 Å². The van der Waals surface area contributed by atoms with Crippen molar-refractivity contribution >= 4 is 16.5 Å². The van der Waals surface area contributed by atoms with Crippen molar-refractivity contribution < 1.29 is 9.22 Å². The maximum atomic E-state index is 13.0. The van der Waals surface area contributed by atoms with Gasteiger partial charge >= 0.3 is 10.5 Å². The molecule has 0 aliphatic heterocycles. The molecule has 3 heteroatoms. The lowest BCUT2D eigenvalue weighted by Gasteiger charge is -2.32. The van der Waals surface area contributed by atoms with Gasteiger partial charge in [0.05, 0.1) is 5.41 Å². The zero-order valence-corrected chi connectivity index (χ0v) is 15.6. The van der Waals surface area contributed by atoms with Crippen LogP contribution in [0.5, 0.6) is 0 Å². The van der Waals surface area contributed by atoms with Gasteiger partial charge in [0.25, 0.3) is 5.97 Å². The molecule has 2 nitrogen and oxygen atoms in total. The fourth-order valence-corrected chi connectivity index (χ4v) is 3.69. The van der Waals surface area contributed by atoms with E-state index in [1.165, 1.54) is 0 Å². The maximum Gasteiger partial charge on any atom is 0.345 e. The van der Waals surface area contributed by atoms with Crippen LogP contribution >= 0.6 is 0 Å². The summed E-state index contributed by atoms with van der Waals surface area (Å²) in [6.45, 7) is 0. The largest absolute Gasteiger partial charge is 0.516 e. The van der Waals surface area contributed by atoms with Gasteiger partial charge in [-0.3, -0.25) is 4.79 Å². The molecule has 0 atom stereocenters. The summed E-state index contributed by atoms with van der Waals surface area (Å²) in [5, 5.41) is 0. The quantitative estimate of drug-likeness (QED) is 0.589. The third kappa shape index (κ3) is 4.49. The van der Waals surface area contributed by atoms with Crippen molar-refractivity contribution in [2.24, 2.45) is 5.41 Å². The number of hydrogen-bond donors (Lipinski definition) is 0. The second-order valence-electron chi connectivity index (χ2n) is 6.66. The highest BCUT2D eigenvalue weighted by Crippen LogP contribution is 2.33. The molecule has 0 N–H and O–H groups in total. The van der Waals surface area contributed by atoms with Crippen LogP contribution in [-0.2, 0) is 28.5 Å². The SMILES string of the molecule is O=C(O[Si])C(Cc1ccccc1)(Cc1ccccc1)Cc1ccccc1. The molecule has 0 aliphatic carbocycles. The monoisotopic (exact) mass is 357 g/mol. The van der Waals surface area contributed by atoms with E-state index in [0.29, 0.717) is 19.3 Å². The van der Waals surface area contributed by atoms with Gasteiger partial charge in [-0.15, -0.1) is 0 Å². The Bertz CT molecular complexity index is 715. The minimum Gasteiger partial charge on any atom is -0.516 e. The van der Waals surface area contributed by atoms with E-state index in [0.717, 1.165) is 16.7 Å². The first-order chi connectivity index (χ1) is 12.7. The number of hydrogen-bond acceptors (Lipinski definition) is 2. The number of carbonyl (C=O) groups is 1. The van der Waals surface area contributed by atoms with Gasteiger partial charge in [0.2, 0.25) is 0 Å². The molecule has 0 amide bonds. The molecule has 129 valence electrons. The Hall–Kier alpha value is -2.65. The summed E-state index contributed by atoms with van der Waals surface area (Å²) in [5.74, 6) is -0.245. The molecule has 26 heavy (non-hydrogen) atoms. The molecule has 3 aromatic rings. The van der Waals surface area contributed by atoms with Gasteiger partial charge < -0.3 is 4.43 Å². The fourth-order valence-electron chi connectivity index (χ4n) is 3.47. The van der Waals surface area contributed by atoms with Crippen molar-refractivity contribution in [1.82, 2.24) is 0 Å². The van der Waals surface area contributed by atoms with Gasteiger partial charge in [0.15, 0.2) is 0 Å². The van der Waals surface area contributed by atoms with Crippen LogP contribution in [0.4, 0.5) is 0 Å². The predicted molar refractivity (Wildman–Crippen MR) is 105 cm³/mol. The molecule has 0 aliphatic rings. The van der Waals surface area contributed by atoms with Gasteiger partial charge in [-0.2, -0.15) is 0 Å². The van der Waals surface area contributed by atoms with Crippen molar-refractivity contribution in [2.75, 3.05) is 0 Å². The molecule has 3 rings (SSSR count). The fraction of sp³-hybridized carbons (Fsp3) is 0.174. The van der Waals surface area contributed by atoms with E-state index in [-0.39, 0.29) is 5.97 Å². The van der Waals surface area contributed by atoms with Crippen LogP contribution < -0.4 is 0 Å². The molecule has 0 saturated heterocycles. The summed E-state index contributed by atoms with van der Waals surface area (Å²) in [4.78, 5) is 13.0. The van der Waals surface area contributed by atoms with Gasteiger partial charge in [0.1, 0.15) is 0 Å². The lowest BCUT2D eigenvalue weighted by atomic mass is 9.72. The average Bonchev–Trinajstić information content (AvgIpc) is 2.69. The van der Waals surface area contributed by atoms with Crippen LogP contribution in [-0.4, -0.2) is 16.5 Å². The summed E-state index contributed by atoms with van der Waals surface area (Å²) >= 11 is 0. The molecule has 0 bridgehead atoms. The van der Waals surface area contributed by atoms with Crippen LogP contribution in [0.1, 0.15) is 16.7 Å². The molecule has 0 saturated carbocycles. The van der Waals surface area contributed by atoms with Crippen molar-refractivity contribution in [3.05, 3.63) is 108 Å². The highest BCUT2D eigenvalue weighted by Gasteiger charge is 2.39. The first-order valence-corrected chi connectivity index (χ1v) is 9.12. The Morgan fingerprint density at radius 3 is 1.23 bits per heavy atom. The number of benzene rings is 3. The third-order valence-electron chi connectivity index (χ3n) is 4.68. The Labute approximate surface area is 158 Å². The summed E-state index contributed by atoms with van der Waals surface area (Å²) < 4.78 is 5.10. The van der Waals surface area contributed by atoms with E-state index < -0.39 is 5.41 Å². The van der Waals surface area contributed by atoms with Crippen molar-refractivity contribution in [3.63, 3.8) is 0 Å². The molecule has 0 heterocycles. The smallest absolute Gasteiger partial charge is 0.345 e. The van der Waals surface area contributed by atoms with Crippen molar-refractivity contribution in [3.8, 4) is 0 Å². The van der Waals surface area contributed by atoms with Crippen molar-refractivity contribution in [1.29, 1.82) is 0 Å². The lowest BCUT2D eigenvalue weighted by Crippen LogP contribution is -2.39. The molecule has 3 radical (unpaired) electrons. The maximum absolute atomic E-state index is 13.0. The van der Waals surface area contributed by atoms with E-state index in [1.807, 2.05) is 54.6 Å².